The fourth-order valence-electron chi connectivity index (χ4n) is 0.421. The first kappa shape index (κ1) is 9.16. The molecule has 9 heavy (non-hydrogen) atoms. The molecule has 0 aliphatic carbocycles. The summed E-state index contributed by atoms with van der Waals surface area (Å²) in [6, 6.07) is -0.667. The van der Waals surface area contributed by atoms with Gasteiger partial charge in [0.25, 0.3) is 0 Å². The smallest absolute Gasteiger partial charge is 0.320 e. The molecule has 0 aromatic carbocycles. The van der Waals surface area contributed by atoms with Crippen LogP contribution in [0.25, 0.3) is 0 Å². The minimum absolute atomic E-state index is 0.582. The van der Waals surface area contributed by atoms with Crippen molar-refractivity contribution < 1.29 is 9.90 Å². The van der Waals surface area contributed by atoms with Gasteiger partial charge in [0.1, 0.15) is 6.04 Å². The number of alkyl halides is 1. The molecule has 0 radical (unpaired) electrons. The van der Waals surface area contributed by atoms with E-state index in [1.54, 1.807) is 0 Å². The van der Waals surface area contributed by atoms with E-state index in [0.717, 1.165) is 10.8 Å². The maximum atomic E-state index is 10.1. The highest BCUT2D eigenvalue weighted by molar-refractivity contribution is 14.1. The zero-order valence-electron chi connectivity index (χ0n) is 5.01. The standard InChI is InChI=1S/C5H10INO2/c6-3-1-2-4(7)5(8)9/h4H,1-3,7H2,(H,8,9)/t4-/m1/s1. The molecule has 0 saturated carbocycles. The predicted molar refractivity (Wildman–Crippen MR) is 43.7 cm³/mol. The number of carbonyl (C=O) groups is 1. The Labute approximate surface area is 67.8 Å². The number of hydrogen-bond donors (Lipinski definition) is 2. The zero-order chi connectivity index (χ0) is 7.28. The molecule has 3 N–H and O–H groups in total. The van der Waals surface area contributed by atoms with Crippen molar-refractivity contribution in [1.82, 2.24) is 0 Å². The predicted octanol–water partition coefficient (Wildman–Crippen LogP) is 0.614. The lowest BCUT2D eigenvalue weighted by Crippen LogP contribution is -2.29. The quantitative estimate of drug-likeness (QED) is 0.561. The molecule has 0 unspecified atom stereocenters. The maximum Gasteiger partial charge on any atom is 0.320 e. The van der Waals surface area contributed by atoms with Crippen LogP contribution in [0.1, 0.15) is 12.8 Å². The van der Waals surface area contributed by atoms with Crippen molar-refractivity contribution in [3.63, 3.8) is 0 Å². The molecule has 3 nitrogen and oxygen atoms in total. The lowest BCUT2D eigenvalue weighted by Gasteiger charge is -2.02. The molecule has 0 aliphatic heterocycles. The largest absolute Gasteiger partial charge is 0.480 e. The van der Waals surface area contributed by atoms with Gasteiger partial charge in [0.15, 0.2) is 0 Å². The lowest BCUT2D eigenvalue weighted by atomic mass is 10.2. The summed E-state index contributed by atoms with van der Waals surface area (Å²) in [5.41, 5.74) is 5.20. The van der Waals surface area contributed by atoms with Crippen LogP contribution in [0, 0.1) is 0 Å². The van der Waals surface area contributed by atoms with Crippen molar-refractivity contribution >= 4 is 28.6 Å². The third-order valence-corrected chi connectivity index (χ3v) is 1.73. The summed E-state index contributed by atoms with van der Waals surface area (Å²) < 4.78 is 0.971. The molecule has 0 fully saturated rings. The van der Waals surface area contributed by atoms with Crippen LogP contribution < -0.4 is 5.73 Å². The lowest BCUT2D eigenvalue weighted by molar-refractivity contribution is -0.138. The van der Waals surface area contributed by atoms with Gasteiger partial charge in [-0.05, 0) is 17.3 Å². The average Bonchev–Trinajstić information content (AvgIpc) is 1.82. The molecular formula is C5H10INO2. The van der Waals surface area contributed by atoms with Gasteiger partial charge in [-0.2, -0.15) is 0 Å². The molecule has 0 aliphatic rings. The van der Waals surface area contributed by atoms with Crippen LogP contribution in [0.15, 0.2) is 0 Å². The molecule has 0 aromatic rings. The minimum Gasteiger partial charge on any atom is -0.480 e. The van der Waals surface area contributed by atoms with E-state index in [-0.39, 0.29) is 0 Å². The van der Waals surface area contributed by atoms with Crippen molar-refractivity contribution in [3.05, 3.63) is 0 Å². The second kappa shape index (κ2) is 4.99. The summed E-state index contributed by atoms with van der Waals surface area (Å²) in [4.78, 5) is 10.1. The number of carboxylic acids is 1. The molecule has 4 heteroatoms. The van der Waals surface area contributed by atoms with Crippen LogP contribution in [-0.2, 0) is 4.79 Å². The molecule has 1 atom stereocenters. The summed E-state index contributed by atoms with van der Waals surface area (Å²) in [5.74, 6) is -0.903. The van der Waals surface area contributed by atoms with Gasteiger partial charge < -0.3 is 10.8 Å². The fourth-order valence-corrected chi connectivity index (χ4v) is 0.861. The van der Waals surface area contributed by atoms with Gasteiger partial charge in [-0.3, -0.25) is 4.79 Å². The zero-order valence-corrected chi connectivity index (χ0v) is 7.17. The van der Waals surface area contributed by atoms with Crippen molar-refractivity contribution in [2.75, 3.05) is 4.43 Å². The van der Waals surface area contributed by atoms with E-state index in [0.29, 0.717) is 6.42 Å². The van der Waals surface area contributed by atoms with E-state index in [1.165, 1.54) is 0 Å². The number of halogens is 1. The van der Waals surface area contributed by atoms with Crippen LogP contribution >= 0.6 is 22.6 Å². The van der Waals surface area contributed by atoms with Gasteiger partial charge in [-0.15, -0.1) is 0 Å². The van der Waals surface area contributed by atoms with Gasteiger partial charge >= 0.3 is 5.97 Å². The first-order valence-electron chi connectivity index (χ1n) is 2.73. The molecule has 0 saturated heterocycles. The van der Waals surface area contributed by atoms with Crippen molar-refractivity contribution in [1.29, 1.82) is 0 Å². The topological polar surface area (TPSA) is 63.3 Å². The Kier molecular flexibility index (Phi) is 5.07. The van der Waals surface area contributed by atoms with Gasteiger partial charge in [-0.25, -0.2) is 0 Å². The van der Waals surface area contributed by atoms with Gasteiger partial charge in [-0.1, -0.05) is 22.6 Å². The van der Waals surface area contributed by atoms with Crippen molar-refractivity contribution in [3.8, 4) is 0 Å². The molecule has 0 aromatic heterocycles. The molecule has 0 bridgehead atoms. The van der Waals surface area contributed by atoms with E-state index in [4.69, 9.17) is 10.8 Å². The van der Waals surface area contributed by atoms with Crippen molar-refractivity contribution in [2.45, 2.75) is 18.9 Å². The summed E-state index contributed by atoms with van der Waals surface area (Å²) in [5, 5.41) is 8.28. The monoisotopic (exact) mass is 243 g/mol. The Hall–Kier alpha value is 0.160. The summed E-state index contributed by atoms with van der Waals surface area (Å²) in [7, 11) is 0. The highest BCUT2D eigenvalue weighted by Crippen LogP contribution is 1.97. The number of rotatable bonds is 4. The Morgan fingerprint density at radius 2 is 2.33 bits per heavy atom. The van der Waals surface area contributed by atoms with Gasteiger partial charge in [0.05, 0.1) is 0 Å². The normalized spacial score (nSPS) is 13.1. The van der Waals surface area contributed by atoms with E-state index >= 15 is 0 Å². The second-order valence-electron chi connectivity index (χ2n) is 1.78. The third-order valence-electron chi connectivity index (χ3n) is 0.966. The molecule has 0 spiro atoms. The number of nitrogens with two attached hydrogens (primary N) is 1. The highest BCUT2D eigenvalue weighted by Gasteiger charge is 2.08. The van der Waals surface area contributed by atoms with Crippen LogP contribution in [0.5, 0.6) is 0 Å². The van der Waals surface area contributed by atoms with Gasteiger partial charge in [0.2, 0.25) is 0 Å². The van der Waals surface area contributed by atoms with Gasteiger partial charge in [0, 0.05) is 0 Å². The van der Waals surface area contributed by atoms with Crippen LogP contribution in [0.2, 0.25) is 0 Å². The first-order chi connectivity index (χ1) is 4.18. The molecule has 54 valence electrons. The van der Waals surface area contributed by atoms with E-state index < -0.39 is 12.0 Å². The van der Waals surface area contributed by atoms with Crippen LogP contribution in [0.4, 0.5) is 0 Å². The van der Waals surface area contributed by atoms with Crippen LogP contribution in [0.3, 0.4) is 0 Å². The van der Waals surface area contributed by atoms with Crippen LogP contribution in [-0.4, -0.2) is 21.5 Å². The Balaban J connectivity index is 3.27. The first-order valence-corrected chi connectivity index (χ1v) is 4.25. The third kappa shape index (κ3) is 4.65. The minimum atomic E-state index is -0.903. The van der Waals surface area contributed by atoms with E-state index in [1.807, 2.05) is 0 Å². The molecule has 0 heterocycles. The summed E-state index contributed by atoms with van der Waals surface area (Å²) >= 11 is 2.20. The second-order valence-corrected chi connectivity index (χ2v) is 2.85. The molecular weight excluding hydrogens is 233 g/mol. The Bertz CT molecular complexity index is 97.0. The molecule has 0 rings (SSSR count). The highest BCUT2D eigenvalue weighted by atomic mass is 127. The molecule has 0 amide bonds. The Morgan fingerprint density at radius 3 is 2.67 bits per heavy atom. The number of hydrogen-bond acceptors (Lipinski definition) is 2. The summed E-state index contributed by atoms with van der Waals surface area (Å²) in [6.45, 7) is 0. The average molecular weight is 243 g/mol. The fraction of sp³-hybridized carbons (Fsp3) is 0.800. The summed E-state index contributed by atoms with van der Waals surface area (Å²) in [6.07, 6.45) is 1.46. The number of aliphatic carboxylic acids is 1. The maximum absolute atomic E-state index is 10.1. The van der Waals surface area contributed by atoms with Crippen molar-refractivity contribution in [2.24, 2.45) is 5.73 Å². The van der Waals surface area contributed by atoms with E-state index in [2.05, 4.69) is 22.6 Å². The Morgan fingerprint density at radius 1 is 1.78 bits per heavy atom. The number of carboxylic acid groups (broad SMARTS) is 1. The van der Waals surface area contributed by atoms with E-state index in [9.17, 15) is 4.79 Å². The SMILES string of the molecule is N[C@H](CCCI)C(=O)O.